The van der Waals surface area contributed by atoms with Gasteiger partial charge < -0.3 is 20.4 Å². The first-order valence-electron chi connectivity index (χ1n) is 8.62. The Balaban J connectivity index is 1.57. The van der Waals surface area contributed by atoms with E-state index in [1.807, 2.05) is 6.92 Å². The van der Waals surface area contributed by atoms with Gasteiger partial charge in [0.05, 0.1) is 41.2 Å². The van der Waals surface area contributed by atoms with Crippen LogP contribution in [0.25, 0.3) is 10.9 Å². The summed E-state index contributed by atoms with van der Waals surface area (Å²) in [6, 6.07) is -0.307. The minimum absolute atomic E-state index is 0.290. The summed E-state index contributed by atoms with van der Waals surface area (Å²) in [6.07, 6.45) is 7.47. The number of aromatic amines is 1. The zero-order valence-electron chi connectivity index (χ0n) is 14.7. The van der Waals surface area contributed by atoms with Gasteiger partial charge >= 0.3 is 11.8 Å². The van der Waals surface area contributed by atoms with Crippen LogP contribution in [0.15, 0.2) is 29.4 Å². The zero-order chi connectivity index (χ0) is 19.0. The molecule has 1 saturated heterocycles. The number of H-pyrrole nitrogens is 1. The van der Waals surface area contributed by atoms with Crippen LogP contribution in [-0.4, -0.2) is 43.4 Å². The Hall–Kier alpha value is -3.43. The number of oxazole rings is 1. The summed E-state index contributed by atoms with van der Waals surface area (Å²) in [5.74, 6) is -0.228. The maximum Gasteiger partial charge on any atom is 0.314 e. The summed E-state index contributed by atoms with van der Waals surface area (Å²) in [4.78, 5) is 35.0. The Bertz CT molecular complexity index is 982. The predicted octanol–water partition coefficient (Wildman–Crippen LogP) is 1.47. The first-order chi connectivity index (χ1) is 13.0. The van der Waals surface area contributed by atoms with Crippen LogP contribution < -0.4 is 11.1 Å². The number of nitrogens with two attached hydrogens (primary N) is 1. The van der Waals surface area contributed by atoms with Gasteiger partial charge in [-0.05, 0) is 18.8 Å². The average molecular weight is 369 g/mol. The third kappa shape index (κ3) is 3.09. The van der Waals surface area contributed by atoms with Gasteiger partial charge in [0.2, 0.25) is 0 Å². The molecule has 0 spiro atoms. The Kier molecular flexibility index (Phi) is 4.22. The van der Waals surface area contributed by atoms with Crippen molar-refractivity contribution in [2.24, 2.45) is 5.92 Å². The highest BCUT2D eigenvalue weighted by atomic mass is 16.3. The van der Waals surface area contributed by atoms with Gasteiger partial charge in [0.25, 0.3) is 0 Å². The van der Waals surface area contributed by atoms with E-state index in [-0.39, 0.29) is 6.04 Å². The fourth-order valence-corrected chi connectivity index (χ4v) is 3.42. The molecule has 4 rings (SSSR count). The molecule has 4 N–H and O–H groups in total. The number of carbonyl (C=O) groups excluding carboxylic acids is 2. The molecule has 0 aromatic carbocycles. The maximum atomic E-state index is 12.9. The Morgan fingerprint density at radius 3 is 2.96 bits per heavy atom. The van der Waals surface area contributed by atoms with Gasteiger partial charge in [-0.2, -0.15) is 5.10 Å². The number of pyridine rings is 1. The number of piperidine rings is 1. The van der Waals surface area contributed by atoms with E-state index in [0.717, 1.165) is 6.42 Å². The fourth-order valence-electron chi connectivity index (χ4n) is 3.42. The highest BCUT2D eigenvalue weighted by Crippen LogP contribution is 2.33. The second-order valence-corrected chi connectivity index (χ2v) is 6.73. The van der Waals surface area contributed by atoms with E-state index >= 15 is 0 Å². The molecule has 140 valence electrons. The first-order valence-corrected chi connectivity index (χ1v) is 8.62. The van der Waals surface area contributed by atoms with Crippen molar-refractivity contribution >= 4 is 34.2 Å². The SMILES string of the molecule is C[C@@H]1CCC(c2cnco2)N(C(=O)C(=O)Nc2cnc(N)c3cn[nH]c23)C1. The molecule has 1 fully saturated rings. The Labute approximate surface area is 154 Å². The van der Waals surface area contributed by atoms with Gasteiger partial charge in [0.1, 0.15) is 11.6 Å². The second kappa shape index (κ2) is 6.71. The molecule has 27 heavy (non-hydrogen) atoms. The van der Waals surface area contributed by atoms with E-state index in [4.69, 9.17) is 10.2 Å². The van der Waals surface area contributed by atoms with E-state index < -0.39 is 11.8 Å². The van der Waals surface area contributed by atoms with Crippen molar-refractivity contribution < 1.29 is 14.0 Å². The Morgan fingerprint density at radius 2 is 2.19 bits per heavy atom. The van der Waals surface area contributed by atoms with Crippen LogP contribution in [0.5, 0.6) is 0 Å². The van der Waals surface area contributed by atoms with Crippen LogP contribution in [0.2, 0.25) is 0 Å². The number of fused-ring (bicyclic) bond motifs is 1. The highest BCUT2D eigenvalue weighted by molar-refractivity contribution is 6.40. The van der Waals surface area contributed by atoms with Crippen molar-refractivity contribution in [1.82, 2.24) is 25.1 Å². The molecule has 10 nitrogen and oxygen atoms in total. The minimum atomic E-state index is -0.754. The third-order valence-corrected chi connectivity index (χ3v) is 4.82. The predicted molar refractivity (Wildman–Crippen MR) is 96.3 cm³/mol. The number of hydrogen-bond acceptors (Lipinski definition) is 7. The molecule has 10 heteroatoms. The molecule has 0 saturated carbocycles. The minimum Gasteiger partial charge on any atom is -0.446 e. The molecule has 2 atom stereocenters. The van der Waals surface area contributed by atoms with Crippen LogP contribution in [0.3, 0.4) is 0 Å². The molecule has 2 amide bonds. The van der Waals surface area contributed by atoms with Crippen molar-refractivity contribution in [1.29, 1.82) is 0 Å². The number of rotatable bonds is 2. The van der Waals surface area contributed by atoms with Crippen LogP contribution in [0, 0.1) is 5.92 Å². The fraction of sp³-hybridized carbons (Fsp3) is 0.353. The van der Waals surface area contributed by atoms with Crippen LogP contribution >= 0.6 is 0 Å². The van der Waals surface area contributed by atoms with E-state index in [1.165, 1.54) is 18.8 Å². The summed E-state index contributed by atoms with van der Waals surface area (Å²) >= 11 is 0. The lowest BCUT2D eigenvalue weighted by Crippen LogP contribution is -2.46. The van der Waals surface area contributed by atoms with Crippen molar-refractivity contribution in [3.8, 4) is 0 Å². The lowest BCUT2D eigenvalue weighted by Gasteiger charge is -2.36. The van der Waals surface area contributed by atoms with Crippen molar-refractivity contribution in [3.63, 3.8) is 0 Å². The molecule has 1 aliphatic heterocycles. The molecule has 0 aliphatic carbocycles. The van der Waals surface area contributed by atoms with Gasteiger partial charge in [0, 0.05) is 6.54 Å². The normalized spacial score (nSPS) is 20.0. The smallest absolute Gasteiger partial charge is 0.314 e. The summed E-state index contributed by atoms with van der Waals surface area (Å²) in [5.41, 5.74) is 6.65. The van der Waals surface area contributed by atoms with E-state index in [1.54, 1.807) is 11.1 Å². The van der Waals surface area contributed by atoms with Crippen molar-refractivity contribution in [3.05, 3.63) is 30.7 Å². The van der Waals surface area contributed by atoms with E-state index in [9.17, 15) is 9.59 Å². The van der Waals surface area contributed by atoms with E-state index in [0.29, 0.717) is 47.1 Å². The number of amides is 2. The van der Waals surface area contributed by atoms with Gasteiger partial charge in [0.15, 0.2) is 6.39 Å². The van der Waals surface area contributed by atoms with Gasteiger partial charge in [-0.15, -0.1) is 0 Å². The number of nitrogens with one attached hydrogen (secondary N) is 2. The number of nitrogens with zero attached hydrogens (tertiary/aromatic N) is 4. The summed E-state index contributed by atoms with van der Waals surface area (Å²) < 4.78 is 5.37. The highest BCUT2D eigenvalue weighted by Gasteiger charge is 2.36. The van der Waals surface area contributed by atoms with Crippen LogP contribution in [-0.2, 0) is 9.59 Å². The quantitative estimate of drug-likeness (QED) is 0.580. The zero-order valence-corrected chi connectivity index (χ0v) is 14.7. The number of hydrogen-bond donors (Lipinski definition) is 3. The monoisotopic (exact) mass is 369 g/mol. The standard InChI is InChI=1S/C17H19N7O3/c1-9-2-3-12(13-6-19-8-27-13)24(7-9)17(26)16(25)22-11-5-20-15(18)10-4-21-23-14(10)11/h4-6,8-9,12H,2-3,7H2,1H3,(H2,18,20)(H,21,23)(H,22,25)/t9-,12?/m1/s1. The van der Waals surface area contributed by atoms with Crippen molar-refractivity contribution in [2.45, 2.75) is 25.8 Å². The number of anilines is 2. The molecular weight excluding hydrogens is 350 g/mol. The van der Waals surface area contributed by atoms with Crippen LogP contribution in [0.4, 0.5) is 11.5 Å². The topological polar surface area (TPSA) is 143 Å². The first kappa shape index (κ1) is 17.0. The van der Waals surface area contributed by atoms with Gasteiger partial charge in [-0.25, -0.2) is 9.97 Å². The molecule has 4 heterocycles. The largest absolute Gasteiger partial charge is 0.446 e. The number of aromatic nitrogens is 4. The van der Waals surface area contributed by atoms with Gasteiger partial charge in [-0.3, -0.25) is 14.7 Å². The lowest BCUT2D eigenvalue weighted by atomic mass is 9.93. The van der Waals surface area contributed by atoms with Crippen LogP contribution in [0.1, 0.15) is 31.6 Å². The molecule has 0 radical (unpaired) electrons. The second-order valence-electron chi connectivity index (χ2n) is 6.73. The summed E-state index contributed by atoms with van der Waals surface area (Å²) in [7, 11) is 0. The van der Waals surface area contributed by atoms with E-state index in [2.05, 4.69) is 25.5 Å². The summed E-state index contributed by atoms with van der Waals surface area (Å²) in [6.45, 7) is 2.52. The van der Waals surface area contributed by atoms with Crippen molar-refractivity contribution in [2.75, 3.05) is 17.6 Å². The molecule has 3 aromatic heterocycles. The van der Waals surface area contributed by atoms with Gasteiger partial charge in [-0.1, -0.05) is 6.92 Å². The molecule has 3 aromatic rings. The molecular formula is C17H19N7O3. The Morgan fingerprint density at radius 1 is 1.33 bits per heavy atom. The third-order valence-electron chi connectivity index (χ3n) is 4.82. The number of carbonyl (C=O) groups is 2. The molecule has 1 aliphatic rings. The molecule has 1 unspecified atom stereocenters. The molecule has 0 bridgehead atoms. The number of likely N-dealkylation sites (tertiary alicyclic amines) is 1. The summed E-state index contributed by atoms with van der Waals surface area (Å²) in [5, 5.41) is 9.85. The average Bonchev–Trinajstić information content (AvgIpc) is 3.35. The number of nitrogen functional groups attached to an aromatic ring is 1. The maximum absolute atomic E-state index is 12.9. The lowest BCUT2D eigenvalue weighted by molar-refractivity contribution is -0.147.